The van der Waals surface area contributed by atoms with Crippen molar-refractivity contribution < 1.29 is 5.11 Å². The molecule has 2 rings (SSSR count). The molecule has 2 aromatic heterocycles. The third kappa shape index (κ3) is 2.65. The van der Waals surface area contributed by atoms with E-state index in [2.05, 4.69) is 33.6 Å². The van der Waals surface area contributed by atoms with E-state index < -0.39 is 0 Å². The van der Waals surface area contributed by atoms with Crippen molar-refractivity contribution in [1.29, 1.82) is 0 Å². The Kier molecular flexibility index (Phi) is 3.75. The summed E-state index contributed by atoms with van der Waals surface area (Å²) in [6.45, 7) is 5.43. The van der Waals surface area contributed by atoms with Crippen molar-refractivity contribution in [1.82, 2.24) is 9.97 Å². The van der Waals surface area contributed by atoms with Gasteiger partial charge in [-0.1, -0.05) is 0 Å². The first kappa shape index (κ1) is 12.1. The number of anilines is 2. The van der Waals surface area contributed by atoms with Crippen molar-refractivity contribution in [2.24, 2.45) is 0 Å². The van der Waals surface area contributed by atoms with Crippen molar-refractivity contribution in [3.05, 3.63) is 10.9 Å². The summed E-state index contributed by atoms with van der Waals surface area (Å²) in [7, 11) is 0. The zero-order valence-corrected chi connectivity index (χ0v) is 10.8. The molecule has 5 nitrogen and oxygen atoms in total. The van der Waals surface area contributed by atoms with Crippen LogP contribution in [0.1, 0.15) is 11.8 Å². The van der Waals surface area contributed by atoms with E-state index in [9.17, 15) is 0 Å². The number of hydrogen-bond donors (Lipinski definition) is 3. The molecule has 0 saturated carbocycles. The smallest absolute Gasteiger partial charge is 0.226 e. The van der Waals surface area contributed by atoms with Gasteiger partial charge in [0.25, 0.3) is 0 Å². The van der Waals surface area contributed by atoms with Gasteiger partial charge >= 0.3 is 0 Å². The summed E-state index contributed by atoms with van der Waals surface area (Å²) in [6, 6.07) is 2.06. The topological polar surface area (TPSA) is 70.1 Å². The number of rotatable bonds is 5. The molecule has 0 unspecified atom stereocenters. The number of fused-ring (bicyclic) bond motifs is 1. The van der Waals surface area contributed by atoms with Crippen LogP contribution in [0.2, 0.25) is 0 Å². The SMILES string of the molecule is CCNc1nc(NCCO)c2cc(C)sc2n1. The molecule has 17 heavy (non-hydrogen) atoms. The lowest BCUT2D eigenvalue weighted by Crippen LogP contribution is -2.09. The Morgan fingerprint density at radius 1 is 1.35 bits per heavy atom. The maximum Gasteiger partial charge on any atom is 0.226 e. The summed E-state index contributed by atoms with van der Waals surface area (Å²) in [5, 5.41) is 16.1. The monoisotopic (exact) mass is 252 g/mol. The molecule has 0 atom stereocenters. The minimum Gasteiger partial charge on any atom is -0.395 e. The fourth-order valence-corrected chi connectivity index (χ4v) is 2.47. The number of aryl methyl sites for hydroxylation is 1. The number of thiophene rings is 1. The zero-order valence-electron chi connectivity index (χ0n) is 9.95. The molecular weight excluding hydrogens is 236 g/mol. The highest BCUT2D eigenvalue weighted by Gasteiger charge is 2.09. The average molecular weight is 252 g/mol. The number of aliphatic hydroxyl groups excluding tert-OH is 1. The first-order valence-electron chi connectivity index (χ1n) is 5.61. The highest BCUT2D eigenvalue weighted by molar-refractivity contribution is 7.18. The largest absolute Gasteiger partial charge is 0.395 e. The molecule has 6 heteroatoms. The van der Waals surface area contributed by atoms with E-state index in [1.807, 2.05) is 6.92 Å². The number of nitrogens with one attached hydrogen (secondary N) is 2. The van der Waals surface area contributed by atoms with E-state index in [4.69, 9.17) is 5.11 Å². The molecule has 0 saturated heterocycles. The van der Waals surface area contributed by atoms with Gasteiger partial charge in [0.2, 0.25) is 5.95 Å². The van der Waals surface area contributed by atoms with E-state index in [1.54, 1.807) is 11.3 Å². The molecule has 0 aromatic carbocycles. The van der Waals surface area contributed by atoms with Crippen LogP contribution in [0.3, 0.4) is 0 Å². The van der Waals surface area contributed by atoms with Gasteiger partial charge in [0, 0.05) is 18.0 Å². The summed E-state index contributed by atoms with van der Waals surface area (Å²) >= 11 is 1.65. The lowest BCUT2D eigenvalue weighted by Gasteiger charge is -2.07. The maximum atomic E-state index is 8.86. The first-order chi connectivity index (χ1) is 8.24. The van der Waals surface area contributed by atoms with E-state index >= 15 is 0 Å². The molecule has 0 spiro atoms. The molecule has 92 valence electrons. The van der Waals surface area contributed by atoms with E-state index in [0.717, 1.165) is 22.6 Å². The molecule has 0 aliphatic rings. The van der Waals surface area contributed by atoms with Gasteiger partial charge in [0.15, 0.2) is 0 Å². The summed E-state index contributed by atoms with van der Waals surface area (Å²) in [6.07, 6.45) is 0. The van der Waals surface area contributed by atoms with Gasteiger partial charge < -0.3 is 15.7 Å². The van der Waals surface area contributed by atoms with Crippen LogP contribution in [-0.2, 0) is 0 Å². The quantitative estimate of drug-likeness (QED) is 0.757. The van der Waals surface area contributed by atoms with Crippen molar-refractivity contribution in [2.75, 3.05) is 30.3 Å². The molecule has 0 amide bonds. The highest BCUT2D eigenvalue weighted by atomic mass is 32.1. The number of nitrogens with zero attached hydrogens (tertiary/aromatic N) is 2. The fourth-order valence-electron chi connectivity index (χ4n) is 1.59. The van der Waals surface area contributed by atoms with Crippen molar-refractivity contribution in [3.63, 3.8) is 0 Å². The van der Waals surface area contributed by atoms with Gasteiger partial charge in [0.05, 0.1) is 12.0 Å². The Morgan fingerprint density at radius 3 is 2.88 bits per heavy atom. The molecule has 0 radical (unpaired) electrons. The molecule has 0 aliphatic heterocycles. The number of hydrogen-bond acceptors (Lipinski definition) is 6. The molecule has 0 bridgehead atoms. The van der Waals surface area contributed by atoms with E-state index in [1.165, 1.54) is 4.88 Å². The molecule has 2 aromatic rings. The van der Waals surface area contributed by atoms with Crippen LogP contribution in [0, 0.1) is 6.92 Å². The Morgan fingerprint density at radius 2 is 2.18 bits per heavy atom. The lowest BCUT2D eigenvalue weighted by molar-refractivity contribution is 0.311. The molecule has 2 heterocycles. The predicted octanol–water partition coefficient (Wildman–Crippen LogP) is 1.84. The predicted molar refractivity (Wildman–Crippen MR) is 71.9 cm³/mol. The van der Waals surface area contributed by atoms with Gasteiger partial charge in [-0.2, -0.15) is 4.98 Å². The second kappa shape index (κ2) is 5.29. The highest BCUT2D eigenvalue weighted by Crippen LogP contribution is 2.29. The molecular formula is C11H16N4OS. The summed E-state index contributed by atoms with van der Waals surface area (Å²) < 4.78 is 0. The summed E-state index contributed by atoms with van der Waals surface area (Å²) in [5.74, 6) is 1.41. The lowest BCUT2D eigenvalue weighted by atomic mass is 10.3. The van der Waals surface area contributed by atoms with Crippen LogP contribution in [0.25, 0.3) is 10.2 Å². The molecule has 0 aliphatic carbocycles. The second-order valence-electron chi connectivity index (χ2n) is 3.65. The van der Waals surface area contributed by atoms with Crippen molar-refractivity contribution in [2.45, 2.75) is 13.8 Å². The minimum atomic E-state index is 0.0884. The standard InChI is InChI=1S/C11H16N4OS/c1-3-12-11-14-9(13-4-5-16)8-6-7(2)17-10(8)15-11/h6,16H,3-5H2,1-2H3,(H2,12,13,14,15). The summed E-state index contributed by atoms with van der Waals surface area (Å²) in [4.78, 5) is 11.0. The van der Waals surface area contributed by atoms with Crippen molar-refractivity contribution in [3.8, 4) is 0 Å². The van der Waals surface area contributed by atoms with Crippen molar-refractivity contribution >= 4 is 33.3 Å². The van der Waals surface area contributed by atoms with Gasteiger partial charge in [-0.15, -0.1) is 11.3 Å². The van der Waals surface area contributed by atoms with Gasteiger partial charge in [-0.25, -0.2) is 4.98 Å². The van der Waals surface area contributed by atoms with E-state index in [-0.39, 0.29) is 6.61 Å². The zero-order chi connectivity index (χ0) is 12.3. The Labute approximate surface area is 104 Å². The summed E-state index contributed by atoms with van der Waals surface area (Å²) in [5.41, 5.74) is 0. The Bertz CT molecular complexity index is 511. The fraction of sp³-hybridized carbons (Fsp3) is 0.455. The average Bonchev–Trinajstić information content (AvgIpc) is 2.67. The van der Waals surface area contributed by atoms with Crippen LogP contribution < -0.4 is 10.6 Å². The maximum absolute atomic E-state index is 8.86. The van der Waals surface area contributed by atoms with Gasteiger partial charge in [-0.05, 0) is 19.9 Å². The van der Waals surface area contributed by atoms with Crippen LogP contribution in [-0.4, -0.2) is 34.8 Å². The second-order valence-corrected chi connectivity index (χ2v) is 4.89. The van der Waals surface area contributed by atoms with E-state index in [0.29, 0.717) is 12.5 Å². The first-order valence-corrected chi connectivity index (χ1v) is 6.43. The molecule has 3 N–H and O–H groups in total. The van der Waals surface area contributed by atoms with Gasteiger partial charge in [0.1, 0.15) is 10.6 Å². The Hall–Kier alpha value is -1.40. The third-order valence-corrected chi connectivity index (χ3v) is 3.20. The third-order valence-electron chi connectivity index (χ3n) is 2.26. The minimum absolute atomic E-state index is 0.0884. The van der Waals surface area contributed by atoms with Crippen LogP contribution in [0.5, 0.6) is 0 Å². The Balaban J connectivity index is 2.44. The normalized spacial score (nSPS) is 10.8. The van der Waals surface area contributed by atoms with Crippen LogP contribution >= 0.6 is 11.3 Å². The molecule has 0 fully saturated rings. The number of aromatic nitrogens is 2. The van der Waals surface area contributed by atoms with Crippen LogP contribution in [0.4, 0.5) is 11.8 Å². The van der Waals surface area contributed by atoms with Gasteiger partial charge in [-0.3, -0.25) is 0 Å². The number of aliphatic hydroxyl groups is 1. The van der Waals surface area contributed by atoms with Crippen LogP contribution in [0.15, 0.2) is 6.07 Å².